The molecule has 4 amide bonds. The number of carbonyl (C=O) groups excluding carboxylic acids is 4. The third-order valence-corrected chi connectivity index (χ3v) is 4.19. The number of hydrogen-bond acceptors (Lipinski definition) is 6. The molecule has 11 nitrogen and oxygen atoms in total. The highest BCUT2D eigenvalue weighted by atomic mass is 16.4. The number of hydrogen-bond donors (Lipinski definition) is 4. The van der Waals surface area contributed by atoms with E-state index in [0.29, 0.717) is 0 Å². The van der Waals surface area contributed by atoms with Gasteiger partial charge in [-0.2, -0.15) is 0 Å². The van der Waals surface area contributed by atoms with Crippen molar-refractivity contribution in [3.63, 3.8) is 0 Å². The van der Waals surface area contributed by atoms with Gasteiger partial charge in [-0.25, -0.2) is 4.79 Å². The molecule has 29 heavy (non-hydrogen) atoms. The van der Waals surface area contributed by atoms with E-state index in [2.05, 4.69) is 15.6 Å². The minimum atomic E-state index is -1.50. The van der Waals surface area contributed by atoms with Crippen LogP contribution < -0.4 is 16.4 Å². The van der Waals surface area contributed by atoms with Crippen LogP contribution in [0.3, 0.4) is 0 Å². The first-order chi connectivity index (χ1) is 13.5. The van der Waals surface area contributed by atoms with Crippen LogP contribution in [0.2, 0.25) is 0 Å². The van der Waals surface area contributed by atoms with Crippen molar-refractivity contribution in [2.45, 2.75) is 44.8 Å². The molecule has 11 heteroatoms. The predicted molar refractivity (Wildman–Crippen MR) is 101 cm³/mol. The molecule has 0 aliphatic heterocycles. The van der Waals surface area contributed by atoms with Gasteiger partial charge in [0.2, 0.25) is 23.6 Å². The van der Waals surface area contributed by atoms with Gasteiger partial charge in [0.25, 0.3) is 0 Å². The first kappa shape index (κ1) is 23.5. The summed E-state index contributed by atoms with van der Waals surface area (Å²) >= 11 is 0. The molecule has 0 aliphatic rings. The molecule has 1 aromatic rings. The van der Waals surface area contributed by atoms with Crippen molar-refractivity contribution in [2.24, 2.45) is 5.73 Å². The van der Waals surface area contributed by atoms with E-state index in [4.69, 9.17) is 10.8 Å². The van der Waals surface area contributed by atoms with Crippen molar-refractivity contribution < 1.29 is 29.1 Å². The van der Waals surface area contributed by atoms with Crippen LogP contribution in [0.25, 0.3) is 0 Å². The zero-order valence-corrected chi connectivity index (χ0v) is 16.4. The minimum absolute atomic E-state index is 0.0628. The van der Waals surface area contributed by atoms with Crippen LogP contribution in [-0.4, -0.2) is 69.8 Å². The lowest BCUT2D eigenvalue weighted by atomic mass is 10.1. The van der Waals surface area contributed by atoms with Gasteiger partial charge in [0, 0.05) is 19.4 Å². The number of aliphatic carboxylic acids is 1. The molecular formula is C18H25N5O6. The third kappa shape index (κ3) is 7.56. The van der Waals surface area contributed by atoms with E-state index >= 15 is 0 Å². The van der Waals surface area contributed by atoms with E-state index in [-0.39, 0.29) is 12.3 Å². The summed E-state index contributed by atoms with van der Waals surface area (Å²) in [6, 6.07) is -0.101. The van der Waals surface area contributed by atoms with Crippen LogP contribution in [0.1, 0.15) is 25.8 Å². The zero-order valence-electron chi connectivity index (χ0n) is 16.4. The highest BCUT2D eigenvalue weighted by molar-refractivity contribution is 5.94. The number of likely N-dealkylation sites (N-methyl/N-ethyl adjacent to an activating group) is 1. The molecule has 1 rings (SSSR count). The Kier molecular flexibility index (Phi) is 8.71. The maximum atomic E-state index is 12.5. The lowest BCUT2D eigenvalue weighted by molar-refractivity contribution is -0.145. The summed E-state index contributed by atoms with van der Waals surface area (Å²) in [5.74, 6) is -4.01. The monoisotopic (exact) mass is 407 g/mol. The Bertz CT molecular complexity index is 769. The molecule has 0 saturated carbocycles. The quantitative estimate of drug-likeness (QED) is 0.362. The Morgan fingerprint density at radius 3 is 2.24 bits per heavy atom. The fourth-order valence-electron chi connectivity index (χ4n) is 2.41. The average molecular weight is 407 g/mol. The summed E-state index contributed by atoms with van der Waals surface area (Å²) in [6.45, 7) is 2.86. The Hall–Kier alpha value is -3.50. The first-order valence-corrected chi connectivity index (χ1v) is 8.79. The Morgan fingerprint density at radius 2 is 1.72 bits per heavy atom. The van der Waals surface area contributed by atoms with Crippen LogP contribution in [0, 0.1) is 0 Å². The van der Waals surface area contributed by atoms with Gasteiger partial charge in [-0.05, 0) is 31.5 Å². The highest BCUT2D eigenvalue weighted by Crippen LogP contribution is 2.03. The van der Waals surface area contributed by atoms with Crippen molar-refractivity contribution in [3.8, 4) is 0 Å². The van der Waals surface area contributed by atoms with Gasteiger partial charge < -0.3 is 26.4 Å². The molecule has 0 radical (unpaired) electrons. The number of carboxylic acid groups (broad SMARTS) is 1. The topological polar surface area (TPSA) is 172 Å². The molecule has 1 aromatic heterocycles. The van der Waals surface area contributed by atoms with Crippen LogP contribution >= 0.6 is 0 Å². The Morgan fingerprint density at radius 1 is 1.14 bits per heavy atom. The second-order valence-electron chi connectivity index (χ2n) is 6.52. The Labute approximate surface area is 167 Å². The van der Waals surface area contributed by atoms with E-state index in [1.807, 2.05) is 0 Å². The maximum absolute atomic E-state index is 12.5. The molecule has 0 unspecified atom stereocenters. The second-order valence-corrected chi connectivity index (χ2v) is 6.52. The molecule has 0 saturated heterocycles. The molecule has 158 valence electrons. The number of nitrogens with one attached hydrogen (secondary N) is 2. The van der Waals surface area contributed by atoms with Crippen molar-refractivity contribution in [3.05, 3.63) is 30.1 Å². The molecule has 0 aliphatic carbocycles. The van der Waals surface area contributed by atoms with Crippen molar-refractivity contribution in [2.75, 3.05) is 7.05 Å². The average Bonchev–Trinajstić information content (AvgIpc) is 2.65. The maximum Gasteiger partial charge on any atom is 0.326 e. The van der Waals surface area contributed by atoms with Crippen LogP contribution in [-0.2, 0) is 30.4 Å². The fraction of sp³-hybridized carbons (Fsp3) is 0.444. The SMILES string of the molecule is C[C@H](NC(=O)Cc1ccncc1)C(=O)N(C)[C@@H](C)C(=O)N[C@@H](CC(N)=O)C(=O)O. The third-order valence-electron chi connectivity index (χ3n) is 4.19. The summed E-state index contributed by atoms with van der Waals surface area (Å²) in [6.07, 6.45) is 2.59. The smallest absolute Gasteiger partial charge is 0.326 e. The fourth-order valence-corrected chi connectivity index (χ4v) is 2.41. The van der Waals surface area contributed by atoms with Crippen molar-refractivity contribution >= 4 is 29.6 Å². The first-order valence-electron chi connectivity index (χ1n) is 8.79. The summed E-state index contributed by atoms with van der Waals surface area (Å²) in [4.78, 5) is 63.8. The summed E-state index contributed by atoms with van der Waals surface area (Å²) < 4.78 is 0. The van der Waals surface area contributed by atoms with Crippen molar-refractivity contribution in [1.82, 2.24) is 20.5 Å². The van der Waals surface area contributed by atoms with Crippen LogP contribution in [0.15, 0.2) is 24.5 Å². The summed E-state index contributed by atoms with van der Waals surface area (Å²) in [5, 5.41) is 13.8. The van der Waals surface area contributed by atoms with Gasteiger partial charge in [0.1, 0.15) is 18.1 Å². The number of nitrogens with zero attached hydrogens (tertiary/aromatic N) is 2. The van der Waals surface area contributed by atoms with E-state index in [0.717, 1.165) is 10.5 Å². The van der Waals surface area contributed by atoms with Gasteiger partial charge in [0.05, 0.1) is 12.8 Å². The Balaban J connectivity index is 2.65. The molecule has 0 aromatic carbocycles. The standard InChI is InChI=1S/C18H25N5O6/c1-10(21-15(25)8-12-4-6-20-7-5-12)17(27)23(3)11(2)16(26)22-13(18(28)29)9-14(19)24/h4-7,10-11,13H,8-9H2,1-3H3,(H2,19,24)(H,21,25)(H,22,26)(H,28,29)/t10-,11-,13-/m0/s1. The second kappa shape index (κ2) is 10.7. The number of rotatable bonds is 10. The number of carbonyl (C=O) groups is 5. The van der Waals surface area contributed by atoms with Gasteiger partial charge in [-0.15, -0.1) is 0 Å². The summed E-state index contributed by atoms with van der Waals surface area (Å²) in [7, 11) is 1.35. The number of primary amides is 1. The number of pyridine rings is 1. The number of nitrogens with two attached hydrogens (primary N) is 1. The summed E-state index contributed by atoms with van der Waals surface area (Å²) in [5.41, 5.74) is 5.70. The minimum Gasteiger partial charge on any atom is -0.480 e. The van der Waals surface area contributed by atoms with E-state index in [9.17, 15) is 24.0 Å². The van der Waals surface area contributed by atoms with Gasteiger partial charge in [-0.1, -0.05) is 0 Å². The molecule has 0 fully saturated rings. The molecular weight excluding hydrogens is 382 g/mol. The predicted octanol–water partition coefficient (Wildman–Crippen LogP) is -1.58. The number of aromatic nitrogens is 1. The van der Waals surface area contributed by atoms with E-state index < -0.39 is 48.2 Å². The largest absolute Gasteiger partial charge is 0.480 e. The van der Waals surface area contributed by atoms with Gasteiger partial charge >= 0.3 is 5.97 Å². The highest BCUT2D eigenvalue weighted by Gasteiger charge is 2.30. The van der Waals surface area contributed by atoms with Crippen LogP contribution in [0.5, 0.6) is 0 Å². The van der Waals surface area contributed by atoms with Crippen LogP contribution in [0.4, 0.5) is 0 Å². The number of amides is 4. The lowest BCUT2D eigenvalue weighted by Crippen LogP contribution is -2.55. The number of carboxylic acids is 1. The molecule has 0 spiro atoms. The molecule has 5 N–H and O–H groups in total. The molecule has 3 atom stereocenters. The van der Waals surface area contributed by atoms with E-state index in [1.54, 1.807) is 24.5 Å². The van der Waals surface area contributed by atoms with E-state index in [1.165, 1.54) is 20.9 Å². The zero-order chi connectivity index (χ0) is 22.1. The van der Waals surface area contributed by atoms with Gasteiger partial charge in [-0.3, -0.25) is 24.2 Å². The van der Waals surface area contributed by atoms with Crippen molar-refractivity contribution in [1.29, 1.82) is 0 Å². The molecule has 0 bridgehead atoms. The molecule has 1 heterocycles. The normalized spacial score (nSPS) is 13.5. The lowest BCUT2D eigenvalue weighted by Gasteiger charge is -2.28. The van der Waals surface area contributed by atoms with Gasteiger partial charge in [0.15, 0.2) is 0 Å².